The molecule has 16 heavy (non-hydrogen) atoms. The molecule has 2 aliphatic heterocycles. The van der Waals surface area contributed by atoms with Crippen LogP contribution in [-0.4, -0.2) is 49.2 Å². The first-order valence-electron chi connectivity index (χ1n) is 6.44. The number of rotatable bonds is 4. The van der Waals surface area contributed by atoms with Gasteiger partial charge in [0.15, 0.2) is 0 Å². The number of piperidine rings is 1. The van der Waals surface area contributed by atoms with Crippen LogP contribution >= 0.6 is 0 Å². The van der Waals surface area contributed by atoms with Gasteiger partial charge in [-0.15, -0.1) is 0 Å². The molecular weight excluding hydrogens is 204 g/mol. The highest BCUT2D eigenvalue weighted by Crippen LogP contribution is 2.26. The van der Waals surface area contributed by atoms with E-state index in [-0.39, 0.29) is 5.97 Å². The van der Waals surface area contributed by atoms with E-state index in [1.807, 2.05) is 6.92 Å². The summed E-state index contributed by atoms with van der Waals surface area (Å²) >= 11 is 0. The number of fused-ring (bicyclic) bond motifs is 1. The lowest BCUT2D eigenvalue weighted by Crippen LogP contribution is -2.46. The Morgan fingerprint density at radius 2 is 2.25 bits per heavy atom. The second-order valence-corrected chi connectivity index (χ2v) is 4.68. The van der Waals surface area contributed by atoms with E-state index in [1.165, 1.54) is 38.8 Å². The topological polar surface area (TPSA) is 41.6 Å². The molecule has 0 radical (unpaired) electrons. The van der Waals surface area contributed by atoms with Crippen LogP contribution in [0.1, 0.15) is 32.6 Å². The van der Waals surface area contributed by atoms with Crippen molar-refractivity contribution in [2.24, 2.45) is 0 Å². The molecule has 0 aromatic rings. The minimum Gasteiger partial charge on any atom is -0.465 e. The van der Waals surface area contributed by atoms with Crippen molar-refractivity contribution in [1.82, 2.24) is 10.2 Å². The maximum absolute atomic E-state index is 11.3. The van der Waals surface area contributed by atoms with Crippen LogP contribution in [0, 0.1) is 0 Å². The van der Waals surface area contributed by atoms with Gasteiger partial charge in [0.2, 0.25) is 0 Å². The molecule has 1 N–H and O–H groups in total. The van der Waals surface area contributed by atoms with Gasteiger partial charge in [-0.05, 0) is 32.7 Å². The molecule has 92 valence electrons. The van der Waals surface area contributed by atoms with E-state index in [0.717, 1.165) is 0 Å². The molecule has 0 aromatic carbocycles. The van der Waals surface area contributed by atoms with Crippen LogP contribution in [0.4, 0.5) is 0 Å². The van der Waals surface area contributed by atoms with Gasteiger partial charge in [0.05, 0.1) is 13.2 Å². The highest BCUT2D eigenvalue weighted by atomic mass is 16.5. The van der Waals surface area contributed by atoms with Crippen molar-refractivity contribution in [2.75, 3.05) is 26.2 Å². The molecule has 2 rings (SSSR count). The van der Waals surface area contributed by atoms with Gasteiger partial charge in [-0.25, -0.2) is 0 Å². The molecule has 0 amide bonds. The Kier molecular flexibility index (Phi) is 4.18. The highest BCUT2D eigenvalue weighted by Gasteiger charge is 2.35. The average molecular weight is 226 g/mol. The summed E-state index contributed by atoms with van der Waals surface area (Å²) in [5.74, 6) is -0.128. The zero-order valence-electron chi connectivity index (χ0n) is 10.1. The highest BCUT2D eigenvalue weighted by molar-refractivity contribution is 5.71. The van der Waals surface area contributed by atoms with E-state index in [0.29, 0.717) is 25.2 Å². The van der Waals surface area contributed by atoms with Crippen LogP contribution in [-0.2, 0) is 9.53 Å². The monoisotopic (exact) mass is 226 g/mol. The molecule has 0 aromatic heterocycles. The van der Waals surface area contributed by atoms with Crippen LogP contribution in [0.25, 0.3) is 0 Å². The van der Waals surface area contributed by atoms with Crippen LogP contribution < -0.4 is 5.32 Å². The average Bonchev–Trinajstić information content (AvgIpc) is 2.70. The van der Waals surface area contributed by atoms with E-state index in [1.54, 1.807) is 0 Å². The standard InChI is InChI=1S/C12H22N2O2/c1-2-16-12(15)9-13-10-6-8-14-7-4-3-5-11(10)14/h10-11,13H,2-9H2,1H3. The summed E-state index contributed by atoms with van der Waals surface area (Å²) in [5, 5.41) is 3.35. The Morgan fingerprint density at radius 1 is 1.38 bits per heavy atom. The number of carbonyl (C=O) groups is 1. The Bertz CT molecular complexity index is 245. The van der Waals surface area contributed by atoms with E-state index < -0.39 is 0 Å². The summed E-state index contributed by atoms with van der Waals surface area (Å²) in [4.78, 5) is 13.8. The lowest BCUT2D eigenvalue weighted by molar-refractivity contribution is -0.142. The molecular formula is C12H22N2O2. The summed E-state index contributed by atoms with van der Waals surface area (Å²) in [5.41, 5.74) is 0. The zero-order valence-corrected chi connectivity index (χ0v) is 10.1. The van der Waals surface area contributed by atoms with E-state index >= 15 is 0 Å². The summed E-state index contributed by atoms with van der Waals surface area (Å²) in [6.07, 6.45) is 5.12. The minimum atomic E-state index is -0.128. The fourth-order valence-corrected chi connectivity index (χ4v) is 2.91. The number of carbonyl (C=O) groups excluding carboxylic acids is 1. The zero-order chi connectivity index (χ0) is 11.4. The molecule has 0 saturated carbocycles. The second-order valence-electron chi connectivity index (χ2n) is 4.68. The van der Waals surface area contributed by atoms with Crippen molar-refractivity contribution in [1.29, 1.82) is 0 Å². The van der Waals surface area contributed by atoms with Gasteiger partial charge in [0.1, 0.15) is 0 Å². The Morgan fingerprint density at radius 3 is 3.06 bits per heavy atom. The third kappa shape index (κ3) is 2.74. The van der Waals surface area contributed by atoms with Gasteiger partial charge in [-0.2, -0.15) is 0 Å². The molecule has 2 aliphatic rings. The third-order valence-corrected chi connectivity index (χ3v) is 3.67. The number of hydrogen-bond acceptors (Lipinski definition) is 4. The molecule has 0 spiro atoms. The number of esters is 1. The van der Waals surface area contributed by atoms with Crippen LogP contribution in [0.3, 0.4) is 0 Å². The summed E-state index contributed by atoms with van der Waals surface area (Å²) in [6, 6.07) is 1.15. The number of hydrogen-bond donors (Lipinski definition) is 1. The lowest BCUT2D eigenvalue weighted by atomic mass is 9.99. The van der Waals surface area contributed by atoms with Gasteiger partial charge in [0, 0.05) is 18.6 Å². The van der Waals surface area contributed by atoms with Gasteiger partial charge in [0.25, 0.3) is 0 Å². The van der Waals surface area contributed by atoms with Gasteiger partial charge in [-0.3, -0.25) is 9.69 Å². The Labute approximate surface area is 97.3 Å². The molecule has 2 unspecified atom stereocenters. The molecule has 2 fully saturated rings. The van der Waals surface area contributed by atoms with Crippen LogP contribution in [0.5, 0.6) is 0 Å². The molecule has 4 heteroatoms. The Balaban J connectivity index is 1.75. The first-order chi connectivity index (χ1) is 7.81. The maximum Gasteiger partial charge on any atom is 0.319 e. The minimum absolute atomic E-state index is 0.128. The SMILES string of the molecule is CCOC(=O)CNC1CCN2CCCCC12. The fraction of sp³-hybridized carbons (Fsp3) is 0.917. The molecule has 4 nitrogen and oxygen atoms in total. The summed E-state index contributed by atoms with van der Waals surface area (Å²) < 4.78 is 4.92. The van der Waals surface area contributed by atoms with Gasteiger partial charge in [-0.1, -0.05) is 6.42 Å². The van der Waals surface area contributed by atoms with Crippen LogP contribution in [0.15, 0.2) is 0 Å². The predicted octanol–water partition coefficient (Wildman–Crippen LogP) is 0.766. The molecule has 0 aliphatic carbocycles. The second kappa shape index (κ2) is 5.64. The Hall–Kier alpha value is -0.610. The molecule has 2 heterocycles. The normalized spacial score (nSPS) is 30.1. The largest absolute Gasteiger partial charge is 0.465 e. The molecule has 0 bridgehead atoms. The number of nitrogens with zero attached hydrogens (tertiary/aromatic N) is 1. The van der Waals surface area contributed by atoms with Crippen LogP contribution in [0.2, 0.25) is 0 Å². The van der Waals surface area contributed by atoms with Crippen molar-refractivity contribution in [3.05, 3.63) is 0 Å². The van der Waals surface area contributed by atoms with Crippen molar-refractivity contribution >= 4 is 5.97 Å². The number of nitrogens with one attached hydrogen (secondary N) is 1. The quantitative estimate of drug-likeness (QED) is 0.719. The smallest absolute Gasteiger partial charge is 0.319 e. The molecule has 2 saturated heterocycles. The van der Waals surface area contributed by atoms with Crippen molar-refractivity contribution in [3.8, 4) is 0 Å². The lowest BCUT2D eigenvalue weighted by Gasteiger charge is -2.32. The van der Waals surface area contributed by atoms with Crippen molar-refractivity contribution in [2.45, 2.75) is 44.7 Å². The van der Waals surface area contributed by atoms with E-state index in [2.05, 4.69) is 10.2 Å². The fourth-order valence-electron chi connectivity index (χ4n) is 2.91. The predicted molar refractivity (Wildman–Crippen MR) is 62.3 cm³/mol. The summed E-state index contributed by atoms with van der Waals surface area (Å²) in [6.45, 7) is 5.10. The molecule has 2 atom stereocenters. The first-order valence-corrected chi connectivity index (χ1v) is 6.44. The first kappa shape index (κ1) is 11.9. The van der Waals surface area contributed by atoms with E-state index in [4.69, 9.17) is 4.74 Å². The van der Waals surface area contributed by atoms with Crippen molar-refractivity contribution < 1.29 is 9.53 Å². The van der Waals surface area contributed by atoms with E-state index in [9.17, 15) is 4.79 Å². The van der Waals surface area contributed by atoms with Gasteiger partial charge < -0.3 is 10.1 Å². The van der Waals surface area contributed by atoms with Gasteiger partial charge >= 0.3 is 5.97 Å². The summed E-state index contributed by atoms with van der Waals surface area (Å²) in [7, 11) is 0. The van der Waals surface area contributed by atoms with Crippen molar-refractivity contribution in [3.63, 3.8) is 0 Å². The number of ether oxygens (including phenoxy) is 1. The maximum atomic E-state index is 11.3. The third-order valence-electron chi connectivity index (χ3n) is 3.67.